The Hall–Kier alpha value is 0.700. The van der Waals surface area contributed by atoms with E-state index in [9.17, 15) is 0 Å². The molecule has 88 valence electrons. The number of thiol groups is 1. The molecule has 0 nitrogen and oxygen atoms in total. The Morgan fingerprint density at radius 3 is 2.33 bits per heavy atom. The van der Waals surface area contributed by atoms with Gasteiger partial charge >= 0.3 is 0 Å². The van der Waals surface area contributed by atoms with Crippen molar-refractivity contribution >= 4 is 24.4 Å². The molecule has 0 bridgehead atoms. The van der Waals surface area contributed by atoms with E-state index in [0.29, 0.717) is 5.41 Å². The molecule has 0 aliphatic heterocycles. The lowest BCUT2D eigenvalue weighted by Gasteiger charge is -2.26. The van der Waals surface area contributed by atoms with Crippen LogP contribution in [0.5, 0.6) is 0 Å². The third-order valence-corrected chi connectivity index (χ3v) is 6.43. The summed E-state index contributed by atoms with van der Waals surface area (Å²) in [5.74, 6) is 4.97. The van der Waals surface area contributed by atoms with Crippen molar-refractivity contribution < 1.29 is 0 Å². The van der Waals surface area contributed by atoms with E-state index in [1.54, 1.807) is 0 Å². The zero-order chi connectivity index (χ0) is 10.6. The standard InChI is InChI=1S/C13H24S2/c14-10-13(7-3-4-8-13)11-15-9-12-5-1-2-6-12/h12,14H,1-11H2. The van der Waals surface area contributed by atoms with E-state index in [-0.39, 0.29) is 0 Å². The van der Waals surface area contributed by atoms with E-state index in [1.165, 1.54) is 62.9 Å². The molecular weight excluding hydrogens is 220 g/mol. The Kier molecular flexibility index (Phi) is 4.75. The van der Waals surface area contributed by atoms with E-state index in [4.69, 9.17) is 0 Å². The molecule has 0 atom stereocenters. The molecule has 0 saturated heterocycles. The van der Waals surface area contributed by atoms with E-state index in [0.717, 1.165) is 11.7 Å². The summed E-state index contributed by atoms with van der Waals surface area (Å²) >= 11 is 6.79. The topological polar surface area (TPSA) is 0 Å². The molecule has 2 aliphatic carbocycles. The second-order valence-electron chi connectivity index (χ2n) is 5.53. The maximum Gasteiger partial charge on any atom is -0.000289 e. The highest BCUT2D eigenvalue weighted by Gasteiger charge is 2.32. The Morgan fingerprint density at radius 1 is 1.07 bits per heavy atom. The molecule has 0 amide bonds. The van der Waals surface area contributed by atoms with Crippen LogP contribution in [0.3, 0.4) is 0 Å². The van der Waals surface area contributed by atoms with Gasteiger partial charge in [-0.15, -0.1) is 0 Å². The maximum absolute atomic E-state index is 4.57. The van der Waals surface area contributed by atoms with Crippen LogP contribution in [0.25, 0.3) is 0 Å². The molecule has 0 heterocycles. The van der Waals surface area contributed by atoms with Gasteiger partial charge < -0.3 is 0 Å². The van der Waals surface area contributed by atoms with Crippen LogP contribution >= 0.6 is 24.4 Å². The highest BCUT2D eigenvalue weighted by molar-refractivity contribution is 7.99. The molecule has 0 spiro atoms. The first-order valence-corrected chi connectivity index (χ1v) is 8.32. The van der Waals surface area contributed by atoms with Crippen LogP contribution in [0.2, 0.25) is 0 Å². The Morgan fingerprint density at radius 2 is 1.73 bits per heavy atom. The fourth-order valence-electron chi connectivity index (χ4n) is 3.09. The van der Waals surface area contributed by atoms with E-state index < -0.39 is 0 Å². The fourth-order valence-corrected chi connectivity index (χ4v) is 5.28. The van der Waals surface area contributed by atoms with Crippen molar-refractivity contribution in [3.63, 3.8) is 0 Å². The number of rotatable bonds is 5. The second-order valence-corrected chi connectivity index (χ2v) is 6.88. The normalized spacial score (nSPS) is 26.2. The molecule has 0 aromatic carbocycles. The van der Waals surface area contributed by atoms with Crippen LogP contribution in [-0.4, -0.2) is 17.3 Å². The molecule has 0 aromatic rings. The van der Waals surface area contributed by atoms with Crippen LogP contribution in [0, 0.1) is 11.3 Å². The second kappa shape index (κ2) is 5.86. The minimum Gasteiger partial charge on any atom is -0.179 e. The van der Waals surface area contributed by atoms with E-state index in [1.807, 2.05) is 0 Å². The number of hydrogen-bond acceptors (Lipinski definition) is 2. The van der Waals surface area contributed by atoms with Crippen LogP contribution < -0.4 is 0 Å². The highest BCUT2D eigenvalue weighted by atomic mass is 32.2. The predicted molar refractivity (Wildman–Crippen MR) is 74.0 cm³/mol. The SMILES string of the molecule is SCC1(CSCC2CCCC2)CCCC1. The number of thioether (sulfide) groups is 1. The van der Waals surface area contributed by atoms with Crippen molar-refractivity contribution in [3.05, 3.63) is 0 Å². The molecule has 0 N–H and O–H groups in total. The molecule has 0 unspecified atom stereocenters. The van der Waals surface area contributed by atoms with Gasteiger partial charge in [-0.1, -0.05) is 25.7 Å². The molecule has 0 radical (unpaired) electrons. The van der Waals surface area contributed by atoms with Crippen LogP contribution in [0.4, 0.5) is 0 Å². The fraction of sp³-hybridized carbons (Fsp3) is 1.00. The van der Waals surface area contributed by atoms with Crippen LogP contribution in [0.1, 0.15) is 51.4 Å². The maximum atomic E-state index is 4.57. The molecule has 2 heteroatoms. The average Bonchev–Trinajstić information content (AvgIpc) is 2.89. The van der Waals surface area contributed by atoms with Gasteiger partial charge in [-0.25, -0.2) is 0 Å². The monoisotopic (exact) mass is 244 g/mol. The first-order valence-electron chi connectivity index (χ1n) is 6.53. The smallest absolute Gasteiger partial charge is 0.000289 e. The summed E-state index contributed by atoms with van der Waals surface area (Å²) in [5.41, 5.74) is 0.617. The minimum atomic E-state index is 0.617. The largest absolute Gasteiger partial charge is 0.179 e. The molecule has 0 aromatic heterocycles. The Bertz CT molecular complexity index is 179. The molecular formula is C13H24S2. The van der Waals surface area contributed by atoms with Gasteiger partial charge in [0.05, 0.1) is 0 Å². The summed E-state index contributed by atoms with van der Waals surface area (Å²) in [6.07, 6.45) is 11.8. The Balaban J connectivity index is 1.67. The van der Waals surface area contributed by atoms with Gasteiger partial charge in [-0.05, 0) is 54.3 Å². The van der Waals surface area contributed by atoms with Gasteiger partial charge in [0.1, 0.15) is 0 Å². The van der Waals surface area contributed by atoms with Crippen molar-refractivity contribution in [1.29, 1.82) is 0 Å². The van der Waals surface area contributed by atoms with Gasteiger partial charge in [0.15, 0.2) is 0 Å². The first-order chi connectivity index (χ1) is 7.35. The highest BCUT2D eigenvalue weighted by Crippen LogP contribution is 2.42. The van der Waals surface area contributed by atoms with Gasteiger partial charge in [0, 0.05) is 0 Å². The van der Waals surface area contributed by atoms with Crippen LogP contribution in [0.15, 0.2) is 0 Å². The lowest BCUT2D eigenvalue weighted by molar-refractivity contribution is 0.403. The van der Waals surface area contributed by atoms with Gasteiger partial charge in [0.25, 0.3) is 0 Å². The molecule has 2 saturated carbocycles. The summed E-state index contributed by atoms with van der Waals surface area (Å²) in [6.45, 7) is 0. The zero-order valence-corrected chi connectivity index (χ0v) is 11.4. The third-order valence-electron chi connectivity index (χ3n) is 4.24. The van der Waals surface area contributed by atoms with Crippen molar-refractivity contribution in [3.8, 4) is 0 Å². The summed E-state index contributed by atoms with van der Waals surface area (Å²) < 4.78 is 0. The molecule has 2 fully saturated rings. The van der Waals surface area contributed by atoms with E-state index in [2.05, 4.69) is 24.4 Å². The van der Waals surface area contributed by atoms with Crippen molar-refractivity contribution in [2.24, 2.45) is 11.3 Å². The number of hydrogen-bond donors (Lipinski definition) is 1. The molecule has 2 aliphatic rings. The van der Waals surface area contributed by atoms with Gasteiger partial charge in [-0.3, -0.25) is 0 Å². The zero-order valence-electron chi connectivity index (χ0n) is 9.71. The summed E-state index contributed by atoms with van der Waals surface area (Å²) in [4.78, 5) is 0. The lowest BCUT2D eigenvalue weighted by atomic mass is 9.91. The Labute approximate surface area is 104 Å². The van der Waals surface area contributed by atoms with E-state index >= 15 is 0 Å². The van der Waals surface area contributed by atoms with Crippen molar-refractivity contribution in [2.45, 2.75) is 51.4 Å². The quantitative estimate of drug-likeness (QED) is 0.699. The van der Waals surface area contributed by atoms with Crippen molar-refractivity contribution in [1.82, 2.24) is 0 Å². The van der Waals surface area contributed by atoms with Gasteiger partial charge in [0.2, 0.25) is 0 Å². The average molecular weight is 244 g/mol. The first kappa shape index (κ1) is 12.2. The molecule has 15 heavy (non-hydrogen) atoms. The summed E-state index contributed by atoms with van der Waals surface area (Å²) in [7, 11) is 0. The predicted octanol–water partition coefficient (Wildman–Crippen LogP) is 4.40. The summed E-state index contributed by atoms with van der Waals surface area (Å²) in [5, 5.41) is 0. The third kappa shape index (κ3) is 3.33. The van der Waals surface area contributed by atoms with Crippen LogP contribution in [-0.2, 0) is 0 Å². The minimum absolute atomic E-state index is 0.617. The van der Waals surface area contributed by atoms with Gasteiger partial charge in [-0.2, -0.15) is 24.4 Å². The summed E-state index contributed by atoms with van der Waals surface area (Å²) in [6, 6.07) is 0. The lowest BCUT2D eigenvalue weighted by Crippen LogP contribution is -2.22. The van der Waals surface area contributed by atoms with Crippen molar-refractivity contribution in [2.75, 3.05) is 17.3 Å². The molecule has 2 rings (SSSR count).